The number of aryl methyl sites for hydroxylation is 2. The van der Waals surface area contributed by atoms with Gasteiger partial charge in [-0.15, -0.1) is 20.1 Å². The zero-order valence-electron chi connectivity index (χ0n) is 21.5. The molecule has 1 aromatic carbocycles. The molecule has 4 aliphatic rings. The Kier molecular flexibility index (Phi) is 6.72. The van der Waals surface area contributed by atoms with Crippen molar-refractivity contribution in [3.8, 4) is 0 Å². The lowest BCUT2D eigenvalue weighted by Crippen LogP contribution is -2.26. The smallest absolute Gasteiger partial charge is 0.338 e. The number of carbonyl (C=O) groups is 2. The van der Waals surface area contributed by atoms with Crippen molar-refractivity contribution in [1.29, 1.82) is 0 Å². The van der Waals surface area contributed by atoms with Crippen molar-refractivity contribution in [3.05, 3.63) is 45.8 Å². The fourth-order valence-electron chi connectivity index (χ4n) is 5.29. The van der Waals surface area contributed by atoms with Crippen LogP contribution in [0.3, 0.4) is 0 Å². The zero-order valence-corrected chi connectivity index (χ0v) is 23.1. The van der Waals surface area contributed by atoms with Gasteiger partial charge in [-0.25, -0.2) is 0 Å². The molecule has 0 spiro atoms. The monoisotopic (exact) mass is 554 g/mol. The van der Waals surface area contributed by atoms with Crippen molar-refractivity contribution in [1.82, 2.24) is 0 Å². The highest BCUT2D eigenvalue weighted by molar-refractivity contribution is 7.89. The Hall–Kier alpha value is -2.85. The molecule has 10 heteroatoms. The Labute approximate surface area is 228 Å². The number of hydrogen-bond donors (Lipinski definition) is 2. The van der Waals surface area contributed by atoms with Crippen molar-refractivity contribution in [3.63, 3.8) is 0 Å². The number of carbonyl (C=O) groups excluding carboxylic acids is 2. The molecule has 2 saturated carbocycles. The van der Waals surface area contributed by atoms with Crippen LogP contribution in [0, 0.1) is 24.7 Å². The van der Waals surface area contributed by atoms with Crippen molar-refractivity contribution in [2.45, 2.75) is 71.1 Å². The fourth-order valence-corrected chi connectivity index (χ4v) is 7.41. The van der Waals surface area contributed by atoms with E-state index in [0.29, 0.717) is 41.5 Å². The second-order valence-corrected chi connectivity index (χ2v) is 13.5. The van der Waals surface area contributed by atoms with E-state index in [4.69, 9.17) is 0 Å². The lowest BCUT2D eigenvalue weighted by Gasteiger charge is -2.23. The van der Waals surface area contributed by atoms with Gasteiger partial charge in [0.25, 0.3) is 0 Å². The Morgan fingerprint density at radius 1 is 1.05 bits per heavy atom. The van der Waals surface area contributed by atoms with Crippen LogP contribution in [0.1, 0.15) is 79.2 Å². The molecule has 1 unspecified atom stereocenters. The molecule has 2 aromatic rings. The zero-order chi connectivity index (χ0) is 26.4. The van der Waals surface area contributed by atoms with Crippen LogP contribution in [0.5, 0.6) is 0 Å². The normalized spacial score (nSPS) is 21.9. The van der Waals surface area contributed by atoms with Crippen molar-refractivity contribution in [2.24, 2.45) is 26.5 Å². The van der Waals surface area contributed by atoms with Crippen molar-refractivity contribution < 1.29 is 19.4 Å². The van der Waals surface area contributed by atoms with Crippen LogP contribution >= 0.6 is 11.3 Å². The predicted octanol–water partition coefficient (Wildman–Crippen LogP) is 5.73. The molecule has 3 aliphatic carbocycles. The van der Waals surface area contributed by atoms with Gasteiger partial charge >= 0.3 is 10.2 Å². The van der Waals surface area contributed by atoms with Crippen LogP contribution in [0.25, 0.3) is 0 Å². The van der Waals surface area contributed by atoms with E-state index in [1.54, 1.807) is 11.3 Å². The standard InChI is InChI=1S/C28H32N4O4S2.H2/c1-16-2-10-20(11-3-16)29-26-22(31-38(35,36)32-26)15-18-7-13-24-21(14-18)25(23(33)12-6-17-4-5-17)28(37-24)30-27(34)19-8-9-19;/h2-3,10-11,17-19H,4-9,12-15H2,1H3,(H,29,32)(H,30,34);1H. The van der Waals surface area contributed by atoms with Gasteiger partial charge in [-0.1, -0.05) is 30.5 Å². The molecular formula is C28H34N4O4S2. The van der Waals surface area contributed by atoms with Crippen LogP contribution < -0.4 is 10.6 Å². The fraction of sp³-hybridized carbons (Fsp3) is 0.500. The average molecular weight is 555 g/mol. The summed E-state index contributed by atoms with van der Waals surface area (Å²) in [7, 11) is -3.91. The van der Waals surface area contributed by atoms with E-state index in [2.05, 4.69) is 19.4 Å². The number of nitrogens with one attached hydrogen (secondary N) is 2. The molecule has 2 heterocycles. The van der Waals surface area contributed by atoms with Gasteiger partial charge in [-0.05, 0) is 81.4 Å². The van der Waals surface area contributed by atoms with Crippen LogP contribution in [0.4, 0.5) is 10.7 Å². The number of Topliss-reactive ketones (excluding diaryl/α,β-unsaturated/α-hetero) is 1. The summed E-state index contributed by atoms with van der Waals surface area (Å²) in [4.78, 5) is 27.2. The summed E-state index contributed by atoms with van der Waals surface area (Å²) in [6.45, 7) is 1.99. The van der Waals surface area contributed by atoms with Gasteiger partial charge in [0.15, 0.2) is 11.6 Å². The summed E-state index contributed by atoms with van der Waals surface area (Å²) >= 11 is 1.55. The third kappa shape index (κ3) is 5.76. The van der Waals surface area contributed by atoms with Gasteiger partial charge in [-0.2, -0.15) is 8.42 Å². The molecule has 0 saturated heterocycles. The second-order valence-electron chi connectivity index (χ2n) is 11.1. The van der Waals surface area contributed by atoms with Crippen LogP contribution in [-0.2, 0) is 27.8 Å². The van der Waals surface area contributed by atoms with Crippen LogP contribution in [-0.4, -0.2) is 31.7 Å². The number of amides is 1. The minimum absolute atomic E-state index is 0. The molecule has 6 rings (SSSR count). The van der Waals surface area contributed by atoms with E-state index >= 15 is 0 Å². The summed E-state index contributed by atoms with van der Waals surface area (Å²) in [6.07, 6.45) is 8.40. The Bertz CT molecular complexity index is 1450. The van der Waals surface area contributed by atoms with Crippen LogP contribution in [0.2, 0.25) is 0 Å². The predicted molar refractivity (Wildman–Crippen MR) is 153 cm³/mol. The van der Waals surface area contributed by atoms with Crippen molar-refractivity contribution >= 4 is 55.5 Å². The average Bonchev–Trinajstić information content (AvgIpc) is 3.79. The number of anilines is 2. The van der Waals surface area contributed by atoms with Gasteiger partial charge in [0.2, 0.25) is 5.91 Å². The first-order chi connectivity index (χ1) is 18.2. The number of amidine groups is 1. The summed E-state index contributed by atoms with van der Waals surface area (Å²) in [5.74, 6) is 1.25. The van der Waals surface area contributed by atoms with Gasteiger partial charge < -0.3 is 10.6 Å². The van der Waals surface area contributed by atoms with Gasteiger partial charge in [0.1, 0.15) is 5.00 Å². The first-order valence-corrected chi connectivity index (χ1v) is 15.7. The van der Waals surface area contributed by atoms with E-state index < -0.39 is 10.2 Å². The van der Waals surface area contributed by atoms with Gasteiger partial charge in [0, 0.05) is 24.3 Å². The summed E-state index contributed by atoms with van der Waals surface area (Å²) in [5, 5.41) is 6.91. The molecular weight excluding hydrogens is 520 g/mol. The SMILES string of the molecule is Cc1ccc(NC2=NS(=O)(=O)N=C2CC2CCc3sc(NC(=O)C4CC4)c(C(=O)CCC4CC4)c3C2)cc1.[HH]. The Morgan fingerprint density at radius 2 is 1.82 bits per heavy atom. The number of ketones is 1. The first kappa shape index (κ1) is 25.4. The third-order valence-corrected chi connectivity index (χ3v) is 9.88. The summed E-state index contributed by atoms with van der Waals surface area (Å²) in [5.41, 5.74) is 4.01. The van der Waals surface area contributed by atoms with E-state index in [1.165, 1.54) is 12.8 Å². The number of nitrogens with zero attached hydrogens (tertiary/aromatic N) is 2. The molecule has 2 fully saturated rings. The maximum atomic E-state index is 13.4. The number of rotatable bonds is 9. The van der Waals surface area contributed by atoms with E-state index in [9.17, 15) is 18.0 Å². The molecule has 2 N–H and O–H groups in total. The lowest BCUT2D eigenvalue weighted by molar-refractivity contribution is -0.117. The molecule has 1 aliphatic heterocycles. The van der Waals surface area contributed by atoms with Crippen LogP contribution in [0.15, 0.2) is 33.1 Å². The molecule has 1 atom stereocenters. The molecule has 0 radical (unpaired) electrons. The maximum absolute atomic E-state index is 13.4. The Morgan fingerprint density at radius 3 is 2.53 bits per heavy atom. The van der Waals surface area contributed by atoms with E-state index in [1.807, 2.05) is 31.2 Å². The maximum Gasteiger partial charge on any atom is 0.365 e. The van der Waals surface area contributed by atoms with Gasteiger partial charge in [0.05, 0.1) is 11.3 Å². The number of fused-ring (bicyclic) bond motifs is 1. The van der Waals surface area contributed by atoms with E-state index in [-0.39, 0.29) is 30.8 Å². The topological polar surface area (TPSA) is 117 Å². The number of thiophene rings is 1. The highest BCUT2D eigenvalue weighted by atomic mass is 32.2. The largest absolute Gasteiger partial charge is 0.365 e. The molecule has 38 heavy (non-hydrogen) atoms. The molecule has 0 bridgehead atoms. The molecule has 8 nitrogen and oxygen atoms in total. The Balaban J connectivity index is 0.00000308. The number of hydrogen-bond acceptors (Lipinski definition) is 6. The number of benzene rings is 1. The van der Waals surface area contributed by atoms with Crippen molar-refractivity contribution in [2.75, 3.05) is 10.6 Å². The second kappa shape index (κ2) is 10.0. The minimum Gasteiger partial charge on any atom is -0.338 e. The first-order valence-electron chi connectivity index (χ1n) is 13.5. The summed E-state index contributed by atoms with van der Waals surface area (Å²) in [6, 6.07) is 7.67. The molecule has 202 valence electrons. The highest BCUT2D eigenvalue weighted by Gasteiger charge is 2.35. The quantitative estimate of drug-likeness (QED) is 0.384. The lowest BCUT2D eigenvalue weighted by atomic mass is 9.82. The van der Waals surface area contributed by atoms with Gasteiger partial charge in [-0.3, -0.25) is 9.59 Å². The van der Waals surface area contributed by atoms with E-state index in [0.717, 1.165) is 53.8 Å². The minimum atomic E-state index is -3.91. The highest BCUT2D eigenvalue weighted by Crippen LogP contribution is 2.43. The summed E-state index contributed by atoms with van der Waals surface area (Å²) < 4.78 is 32.4. The third-order valence-electron chi connectivity index (χ3n) is 7.81. The molecule has 1 aromatic heterocycles. The molecule has 1 amide bonds.